The fourth-order valence-electron chi connectivity index (χ4n) is 1.51. The Balaban J connectivity index is 2.40. The first-order valence-corrected chi connectivity index (χ1v) is 6.40. The van der Waals surface area contributed by atoms with Crippen LogP contribution in [0.5, 0.6) is 0 Å². The van der Waals surface area contributed by atoms with Gasteiger partial charge >= 0.3 is 7.82 Å². The summed E-state index contributed by atoms with van der Waals surface area (Å²) in [5.74, 6) is 0.589. The first kappa shape index (κ1) is 12.2. The van der Waals surface area contributed by atoms with Gasteiger partial charge in [-0.25, -0.2) is 14.5 Å². The maximum Gasteiger partial charge on any atom is 0.471 e. The van der Waals surface area contributed by atoms with Crippen molar-refractivity contribution in [3.05, 3.63) is 23.7 Å². The van der Waals surface area contributed by atoms with Crippen LogP contribution >= 0.6 is 7.82 Å². The second-order valence-corrected chi connectivity index (χ2v) is 4.87. The van der Waals surface area contributed by atoms with Crippen molar-refractivity contribution < 1.29 is 18.9 Å². The maximum atomic E-state index is 10.7. The largest absolute Gasteiger partial charge is 0.471 e. The Morgan fingerprint density at radius 3 is 2.71 bits per heavy atom. The summed E-state index contributed by atoms with van der Waals surface area (Å²) in [4.78, 5) is 25.7. The fourth-order valence-corrected chi connectivity index (χ4v) is 1.78. The van der Waals surface area contributed by atoms with Crippen LogP contribution < -0.4 is 0 Å². The number of nitrogens with zero attached hydrogens (tertiary/aromatic N) is 3. The quantitative estimate of drug-likeness (QED) is 0.799. The van der Waals surface area contributed by atoms with Crippen molar-refractivity contribution in [3.8, 4) is 0 Å². The molecule has 0 aliphatic rings. The Hall–Kier alpha value is -1.27. The zero-order chi connectivity index (χ0) is 12.6. The minimum Gasteiger partial charge on any atom is -0.303 e. The van der Waals surface area contributed by atoms with E-state index in [4.69, 9.17) is 9.79 Å². The summed E-state index contributed by atoms with van der Waals surface area (Å²) in [6, 6.07) is 3.60. The molecule has 0 unspecified atom stereocenters. The average molecular weight is 257 g/mol. The first-order chi connectivity index (χ1) is 7.87. The van der Waals surface area contributed by atoms with E-state index in [1.165, 1.54) is 0 Å². The van der Waals surface area contributed by atoms with Crippen LogP contribution in [0.4, 0.5) is 0 Å². The Morgan fingerprint density at radius 1 is 1.35 bits per heavy atom. The standard InChI is InChI=1S/C9H12N3O4P/c1-6-3-4-8-9(10-6)11-7(2)12(8)5-16-17(13,14)15/h3-4H,5H2,1-2H3,(H2,13,14,15). The van der Waals surface area contributed by atoms with Crippen LogP contribution in [-0.2, 0) is 15.8 Å². The molecule has 2 N–H and O–H groups in total. The molecule has 0 saturated carbocycles. The van der Waals surface area contributed by atoms with Crippen molar-refractivity contribution in [2.45, 2.75) is 20.6 Å². The zero-order valence-electron chi connectivity index (χ0n) is 9.36. The number of phosphoric acid groups is 1. The minimum absolute atomic E-state index is 0.253. The van der Waals surface area contributed by atoms with Gasteiger partial charge in [0.2, 0.25) is 0 Å². The first-order valence-electron chi connectivity index (χ1n) is 4.87. The lowest BCUT2D eigenvalue weighted by Gasteiger charge is -2.08. The molecule has 8 heteroatoms. The molecule has 7 nitrogen and oxygen atoms in total. The molecule has 0 fully saturated rings. The van der Waals surface area contributed by atoms with Gasteiger partial charge in [-0.2, -0.15) is 0 Å². The smallest absolute Gasteiger partial charge is 0.303 e. The summed E-state index contributed by atoms with van der Waals surface area (Å²) in [7, 11) is -4.48. The predicted octanol–water partition coefficient (Wildman–Crippen LogP) is 1.11. The molecule has 0 saturated heterocycles. The van der Waals surface area contributed by atoms with E-state index >= 15 is 0 Å². The van der Waals surface area contributed by atoms with Crippen LogP contribution in [0.2, 0.25) is 0 Å². The molecule has 17 heavy (non-hydrogen) atoms. The lowest BCUT2D eigenvalue weighted by Crippen LogP contribution is -2.03. The number of fused-ring (bicyclic) bond motifs is 1. The molecule has 2 rings (SSSR count). The average Bonchev–Trinajstić information content (AvgIpc) is 2.48. The van der Waals surface area contributed by atoms with Gasteiger partial charge in [0.05, 0.1) is 5.52 Å². The van der Waals surface area contributed by atoms with E-state index in [-0.39, 0.29) is 6.73 Å². The summed E-state index contributed by atoms with van der Waals surface area (Å²) in [5, 5.41) is 0. The van der Waals surface area contributed by atoms with E-state index in [0.29, 0.717) is 17.0 Å². The second-order valence-electron chi connectivity index (χ2n) is 3.63. The molecule has 2 aromatic rings. The highest BCUT2D eigenvalue weighted by Gasteiger charge is 2.16. The van der Waals surface area contributed by atoms with E-state index in [9.17, 15) is 4.57 Å². The van der Waals surface area contributed by atoms with E-state index in [1.54, 1.807) is 23.6 Å². The summed E-state index contributed by atoms with van der Waals surface area (Å²) in [6.45, 7) is 3.32. The van der Waals surface area contributed by atoms with Crippen LogP contribution in [0.25, 0.3) is 11.2 Å². The van der Waals surface area contributed by atoms with Gasteiger partial charge in [-0.3, -0.25) is 4.52 Å². The normalized spacial score (nSPS) is 12.2. The molecule has 0 aromatic carbocycles. The van der Waals surface area contributed by atoms with E-state index in [0.717, 1.165) is 5.69 Å². The molecule has 0 aliphatic carbocycles. The van der Waals surface area contributed by atoms with Crippen LogP contribution in [0.15, 0.2) is 12.1 Å². The molecule has 0 bridgehead atoms. The summed E-state index contributed by atoms with van der Waals surface area (Å²) in [5.41, 5.74) is 2.05. The number of pyridine rings is 1. The van der Waals surface area contributed by atoms with Crippen LogP contribution in [0.3, 0.4) is 0 Å². The fraction of sp³-hybridized carbons (Fsp3) is 0.333. The molecule has 0 radical (unpaired) electrons. The summed E-state index contributed by atoms with van der Waals surface area (Å²) >= 11 is 0. The van der Waals surface area contributed by atoms with Crippen LogP contribution in [-0.4, -0.2) is 24.3 Å². The van der Waals surface area contributed by atoms with E-state index in [1.807, 2.05) is 6.92 Å². The van der Waals surface area contributed by atoms with Crippen molar-refractivity contribution in [2.75, 3.05) is 0 Å². The van der Waals surface area contributed by atoms with Crippen molar-refractivity contribution in [1.29, 1.82) is 0 Å². The molecule has 0 amide bonds. The number of phosphoric ester groups is 1. The maximum absolute atomic E-state index is 10.7. The third-order valence-electron chi connectivity index (χ3n) is 2.30. The SMILES string of the molecule is Cc1ccc2c(n1)nc(C)n2COP(=O)(O)O. The highest BCUT2D eigenvalue weighted by atomic mass is 31.2. The van der Waals surface area contributed by atoms with Gasteiger partial charge in [0, 0.05) is 5.69 Å². The van der Waals surface area contributed by atoms with Crippen molar-refractivity contribution >= 4 is 19.0 Å². The van der Waals surface area contributed by atoms with Gasteiger partial charge in [0.1, 0.15) is 12.6 Å². The predicted molar refractivity (Wildman–Crippen MR) is 60.1 cm³/mol. The zero-order valence-corrected chi connectivity index (χ0v) is 10.3. The summed E-state index contributed by atoms with van der Waals surface area (Å²) < 4.78 is 16.7. The number of aromatic nitrogens is 3. The van der Waals surface area contributed by atoms with Crippen molar-refractivity contribution in [3.63, 3.8) is 0 Å². The lowest BCUT2D eigenvalue weighted by molar-refractivity contribution is 0.155. The minimum atomic E-state index is -4.48. The van der Waals surface area contributed by atoms with Crippen molar-refractivity contribution in [1.82, 2.24) is 14.5 Å². The van der Waals surface area contributed by atoms with Crippen LogP contribution in [0, 0.1) is 13.8 Å². The molecule has 0 aliphatic heterocycles. The highest BCUT2D eigenvalue weighted by Crippen LogP contribution is 2.36. The van der Waals surface area contributed by atoms with Gasteiger partial charge in [0.15, 0.2) is 5.65 Å². The highest BCUT2D eigenvalue weighted by molar-refractivity contribution is 7.46. The van der Waals surface area contributed by atoms with E-state index in [2.05, 4.69) is 14.5 Å². The van der Waals surface area contributed by atoms with Gasteiger partial charge in [0.25, 0.3) is 0 Å². The molecule has 0 atom stereocenters. The Labute approximate surface area is 97.3 Å². The molecule has 2 heterocycles. The number of rotatable bonds is 3. The molecular weight excluding hydrogens is 245 g/mol. The lowest BCUT2D eigenvalue weighted by atomic mass is 10.3. The second kappa shape index (κ2) is 4.19. The number of aryl methyl sites for hydroxylation is 2. The Kier molecular flexibility index (Phi) is 3.01. The van der Waals surface area contributed by atoms with Gasteiger partial charge < -0.3 is 14.4 Å². The van der Waals surface area contributed by atoms with Gasteiger partial charge in [-0.1, -0.05) is 0 Å². The molecular formula is C9H12N3O4P. The van der Waals surface area contributed by atoms with Gasteiger partial charge in [-0.05, 0) is 26.0 Å². The van der Waals surface area contributed by atoms with Crippen LogP contribution in [0.1, 0.15) is 11.5 Å². The Morgan fingerprint density at radius 2 is 2.06 bits per heavy atom. The van der Waals surface area contributed by atoms with Gasteiger partial charge in [-0.15, -0.1) is 0 Å². The van der Waals surface area contributed by atoms with Crippen molar-refractivity contribution in [2.24, 2.45) is 0 Å². The molecule has 2 aromatic heterocycles. The number of hydrogen-bond acceptors (Lipinski definition) is 4. The monoisotopic (exact) mass is 257 g/mol. The third-order valence-corrected chi connectivity index (χ3v) is 2.75. The Bertz CT molecular complexity index is 604. The summed E-state index contributed by atoms with van der Waals surface area (Å²) in [6.07, 6.45) is 0. The topological polar surface area (TPSA) is 97.5 Å². The number of hydrogen-bond donors (Lipinski definition) is 2. The third kappa shape index (κ3) is 2.70. The number of imidazole rings is 1. The molecule has 0 spiro atoms. The molecule has 92 valence electrons. The van der Waals surface area contributed by atoms with E-state index < -0.39 is 7.82 Å².